The molecule has 0 aliphatic carbocycles. The highest BCUT2D eigenvalue weighted by Gasteiger charge is 2.05. The van der Waals surface area contributed by atoms with Crippen LogP contribution in [-0.2, 0) is 0 Å². The molecule has 0 heterocycles. The molecule has 2 amide bonds. The molecule has 3 rings (SSSR count). The van der Waals surface area contributed by atoms with Gasteiger partial charge in [0.2, 0.25) is 0 Å². The second-order valence-electron chi connectivity index (χ2n) is 4.60. The molecule has 0 aliphatic heterocycles. The lowest BCUT2D eigenvalue weighted by atomic mass is 10.0. The molecule has 3 aromatic rings. The molecule has 0 aliphatic rings. The Bertz CT molecular complexity index is 766. The zero-order valence-corrected chi connectivity index (χ0v) is 10.8. The Kier molecular flexibility index (Phi) is 3.09. The van der Waals surface area contributed by atoms with E-state index in [1.807, 2.05) is 42.5 Å². The number of carbonyl (C=O) groups is 1. The van der Waals surface area contributed by atoms with E-state index in [1.54, 1.807) is 0 Å². The maximum Gasteiger partial charge on any atom is 0.316 e. The molecule has 0 saturated heterocycles. The van der Waals surface area contributed by atoms with Gasteiger partial charge in [0.1, 0.15) is 0 Å². The fourth-order valence-corrected chi connectivity index (χ4v) is 2.32. The average Bonchev–Trinajstić information content (AvgIpc) is 2.47. The van der Waals surface area contributed by atoms with Gasteiger partial charge < -0.3 is 11.1 Å². The highest BCUT2D eigenvalue weighted by molar-refractivity contribution is 6.02. The lowest BCUT2D eigenvalue weighted by Crippen LogP contribution is -2.19. The fourth-order valence-electron chi connectivity index (χ4n) is 2.32. The zero-order valence-electron chi connectivity index (χ0n) is 10.8. The summed E-state index contributed by atoms with van der Waals surface area (Å²) in [5.74, 6) is 0. The molecule has 0 radical (unpaired) electrons. The molecule has 3 N–H and O–H groups in total. The topological polar surface area (TPSA) is 55.1 Å². The van der Waals surface area contributed by atoms with Crippen molar-refractivity contribution >= 4 is 22.5 Å². The van der Waals surface area contributed by atoms with Crippen molar-refractivity contribution in [1.29, 1.82) is 0 Å². The lowest BCUT2D eigenvalue weighted by Gasteiger charge is -2.09. The summed E-state index contributed by atoms with van der Waals surface area (Å²) < 4.78 is 0. The summed E-state index contributed by atoms with van der Waals surface area (Å²) in [4.78, 5) is 11.1. The maximum absolute atomic E-state index is 11.1. The van der Waals surface area contributed by atoms with E-state index in [2.05, 4.69) is 29.6 Å². The maximum atomic E-state index is 11.1. The number of urea groups is 1. The predicted molar refractivity (Wildman–Crippen MR) is 82.6 cm³/mol. The molecular formula is C17H14N2O. The number of hydrogen-bond acceptors (Lipinski definition) is 1. The highest BCUT2D eigenvalue weighted by Crippen LogP contribution is 2.29. The van der Waals surface area contributed by atoms with E-state index >= 15 is 0 Å². The highest BCUT2D eigenvalue weighted by atomic mass is 16.2. The Hall–Kier alpha value is -2.81. The van der Waals surface area contributed by atoms with Crippen molar-refractivity contribution in [3.63, 3.8) is 0 Å². The van der Waals surface area contributed by atoms with Gasteiger partial charge in [0.15, 0.2) is 0 Å². The number of amides is 2. The van der Waals surface area contributed by atoms with E-state index in [-0.39, 0.29) is 0 Å². The summed E-state index contributed by atoms with van der Waals surface area (Å²) >= 11 is 0. The van der Waals surface area contributed by atoms with Crippen LogP contribution in [-0.4, -0.2) is 6.03 Å². The van der Waals surface area contributed by atoms with Gasteiger partial charge in [0.25, 0.3) is 0 Å². The molecule has 0 aromatic heterocycles. The van der Waals surface area contributed by atoms with E-state index in [4.69, 9.17) is 5.73 Å². The minimum Gasteiger partial charge on any atom is -0.351 e. The van der Waals surface area contributed by atoms with Gasteiger partial charge in [-0.3, -0.25) is 0 Å². The van der Waals surface area contributed by atoms with Gasteiger partial charge in [0.05, 0.1) is 5.69 Å². The van der Waals surface area contributed by atoms with E-state index in [0.29, 0.717) is 0 Å². The van der Waals surface area contributed by atoms with Gasteiger partial charge in [-0.05, 0) is 28.6 Å². The first-order chi connectivity index (χ1) is 9.74. The van der Waals surface area contributed by atoms with Gasteiger partial charge in [0, 0.05) is 5.39 Å². The smallest absolute Gasteiger partial charge is 0.316 e. The van der Waals surface area contributed by atoms with Crippen molar-refractivity contribution in [2.75, 3.05) is 5.32 Å². The molecule has 0 bridgehead atoms. The summed E-state index contributed by atoms with van der Waals surface area (Å²) in [7, 11) is 0. The Morgan fingerprint density at radius 2 is 1.65 bits per heavy atom. The third-order valence-corrected chi connectivity index (χ3v) is 3.25. The van der Waals surface area contributed by atoms with Crippen LogP contribution in [0.4, 0.5) is 10.5 Å². The van der Waals surface area contributed by atoms with Crippen LogP contribution in [0.3, 0.4) is 0 Å². The zero-order chi connectivity index (χ0) is 13.9. The standard InChI is InChI=1S/C17H14N2O/c18-17(20)19-16-8-4-7-13-9-10-14(11-15(13)16)12-5-2-1-3-6-12/h1-11H,(H3,18,19,20). The molecule has 0 atom stereocenters. The van der Waals surface area contributed by atoms with Crippen molar-refractivity contribution in [1.82, 2.24) is 0 Å². The third kappa shape index (κ3) is 2.34. The van der Waals surface area contributed by atoms with Crippen LogP contribution in [0.5, 0.6) is 0 Å². The largest absolute Gasteiger partial charge is 0.351 e. The number of primary amides is 1. The van der Waals surface area contributed by atoms with Gasteiger partial charge in [-0.1, -0.05) is 54.6 Å². The molecule has 0 spiro atoms. The average molecular weight is 262 g/mol. The molecule has 3 heteroatoms. The number of rotatable bonds is 2. The second kappa shape index (κ2) is 5.05. The first kappa shape index (κ1) is 12.2. The van der Waals surface area contributed by atoms with Crippen LogP contribution >= 0.6 is 0 Å². The van der Waals surface area contributed by atoms with E-state index in [1.165, 1.54) is 0 Å². The van der Waals surface area contributed by atoms with Crippen LogP contribution in [0, 0.1) is 0 Å². The van der Waals surface area contributed by atoms with Crippen molar-refractivity contribution < 1.29 is 4.79 Å². The number of anilines is 1. The van der Waals surface area contributed by atoms with E-state index < -0.39 is 6.03 Å². The number of nitrogens with one attached hydrogen (secondary N) is 1. The van der Waals surface area contributed by atoms with Crippen LogP contribution in [0.2, 0.25) is 0 Å². The SMILES string of the molecule is NC(=O)Nc1cccc2ccc(-c3ccccc3)cc12. The van der Waals surface area contributed by atoms with Crippen molar-refractivity contribution in [3.8, 4) is 11.1 Å². The van der Waals surface area contributed by atoms with Crippen molar-refractivity contribution in [3.05, 3.63) is 66.7 Å². The second-order valence-corrected chi connectivity index (χ2v) is 4.60. The quantitative estimate of drug-likeness (QED) is 0.720. The van der Waals surface area contributed by atoms with Crippen LogP contribution < -0.4 is 11.1 Å². The third-order valence-electron chi connectivity index (χ3n) is 3.25. The molecule has 0 fully saturated rings. The van der Waals surface area contributed by atoms with Gasteiger partial charge in [-0.25, -0.2) is 4.79 Å². The first-order valence-electron chi connectivity index (χ1n) is 6.39. The summed E-state index contributed by atoms with van der Waals surface area (Å²) in [5, 5.41) is 4.71. The van der Waals surface area contributed by atoms with Crippen molar-refractivity contribution in [2.45, 2.75) is 0 Å². The summed E-state index contributed by atoms with van der Waals surface area (Å²) in [6, 6.07) is 21.5. The van der Waals surface area contributed by atoms with Crippen LogP contribution in [0.25, 0.3) is 21.9 Å². The normalized spacial score (nSPS) is 10.4. The first-order valence-corrected chi connectivity index (χ1v) is 6.39. The number of hydrogen-bond donors (Lipinski definition) is 2. The summed E-state index contributed by atoms with van der Waals surface area (Å²) in [6.07, 6.45) is 0. The van der Waals surface area contributed by atoms with Gasteiger partial charge in [-0.15, -0.1) is 0 Å². The monoisotopic (exact) mass is 262 g/mol. The Morgan fingerprint density at radius 3 is 2.40 bits per heavy atom. The molecule has 3 aromatic carbocycles. The Labute approximate surface area is 117 Å². The molecule has 98 valence electrons. The van der Waals surface area contributed by atoms with E-state index in [9.17, 15) is 4.79 Å². The number of nitrogens with two attached hydrogens (primary N) is 1. The number of fused-ring (bicyclic) bond motifs is 1. The number of benzene rings is 3. The molecule has 0 saturated carbocycles. The summed E-state index contributed by atoms with van der Waals surface area (Å²) in [6.45, 7) is 0. The number of carbonyl (C=O) groups excluding carboxylic acids is 1. The predicted octanol–water partition coefficient (Wildman–Crippen LogP) is 4.00. The molecule has 3 nitrogen and oxygen atoms in total. The lowest BCUT2D eigenvalue weighted by molar-refractivity contribution is 0.259. The van der Waals surface area contributed by atoms with Crippen LogP contribution in [0.15, 0.2) is 66.7 Å². The molecule has 0 unspecified atom stereocenters. The Balaban J connectivity index is 2.16. The molecule has 20 heavy (non-hydrogen) atoms. The van der Waals surface area contributed by atoms with E-state index in [0.717, 1.165) is 27.6 Å². The Morgan fingerprint density at radius 1 is 0.850 bits per heavy atom. The van der Waals surface area contributed by atoms with Gasteiger partial charge >= 0.3 is 6.03 Å². The van der Waals surface area contributed by atoms with Crippen LogP contribution in [0.1, 0.15) is 0 Å². The van der Waals surface area contributed by atoms with Gasteiger partial charge in [-0.2, -0.15) is 0 Å². The minimum atomic E-state index is -0.553. The fraction of sp³-hybridized carbons (Fsp3) is 0. The summed E-state index contributed by atoms with van der Waals surface area (Å²) in [5.41, 5.74) is 8.19. The van der Waals surface area contributed by atoms with Crippen molar-refractivity contribution in [2.24, 2.45) is 5.73 Å². The molecular weight excluding hydrogens is 248 g/mol. The minimum absolute atomic E-state index is 0.553.